The third-order valence-corrected chi connectivity index (χ3v) is 7.30. The molecule has 0 radical (unpaired) electrons. The molecule has 2 N–H and O–H groups in total. The predicted octanol–water partition coefficient (Wildman–Crippen LogP) is 3.01. The maximum Gasteiger partial charge on any atom is 0.240 e. The highest BCUT2D eigenvalue weighted by molar-refractivity contribution is 7.89. The fraction of sp³-hybridized carbons (Fsp3) is 0.292. The number of ether oxygens (including phenoxy) is 1. The van der Waals surface area contributed by atoms with Gasteiger partial charge in [-0.15, -0.1) is 0 Å². The lowest BCUT2D eigenvalue weighted by Gasteiger charge is -2.12. The van der Waals surface area contributed by atoms with Crippen LogP contribution in [0.5, 0.6) is 0 Å². The maximum atomic E-state index is 12.6. The Balaban J connectivity index is 1.33. The lowest BCUT2D eigenvalue weighted by molar-refractivity contribution is -0.117. The van der Waals surface area contributed by atoms with Crippen molar-refractivity contribution in [2.24, 2.45) is 0 Å². The van der Waals surface area contributed by atoms with Crippen LogP contribution in [0.1, 0.15) is 24.0 Å². The molecule has 0 spiro atoms. The van der Waals surface area contributed by atoms with E-state index in [0.29, 0.717) is 31.1 Å². The number of carbonyl (C=O) groups excluding carboxylic acids is 1. The molecule has 1 atom stereocenters. The quantitative estimate of drug-likeness (QED) is 0.577. The summed E-state index contributed by atoms with van der Waals surface area (Å²) in [6.07, 6.45) is 4.12. The van der Waals surface area contributed by atoms with Crippen molar-refractivity contribution in [2.45, 2.75) is 36.7 Å². The molecule has 1 aromatic heterocycles. The summed E-state index contributed by atoms with van der Waals surface area (Å²) in [5, 5.41) is 3.13. The van der Waals surface area contributed by atoms with Gasteiger partial charge in [0.05, 0.1) is 16.7 Å². The Morgan fingerprint density at radius 3 is 2.61 bits per heavy atom. The summed E-state index contributed by atoms with van der Waals surface area (Å²) in [4.78, 5) is 21.5. The Hall–Kier alpha value is -3.14. The number of rotatable bonds is 6. The summed E-state index contributed by atoms with van der Waals surface area (Å²) in [6.45, 7) is 0.953. The first-order valence-corrected chi connectivity index (χ1v) is 12.4. The summed E-state index contributed by atoms with van der Waals surface area (Å²) < 4.78 is 33.2. The van der Waals surface area contributed by atoms with Crippen LogP contribution < -0.4 is 10.0 Å². The van der Waals surface area contributed by atoms with Gasteiger partial charge in [0.2, 0.25) is 16.0 Å². The fourth-order valence-electron chi connectivity index (χ4n) is 4.16. The van der Waals surface area contributed by atoms with Crippen LogP contribution in [0.2, 0.25) is 0 Å². The molecule has 8 nitrogen and oxygen atoms in total. The zero-order valence-electron chi connectivity index (χ0n) is 18.0. The van der Waals surface area contributed by atoms with Gasteiger partial charge in [0, 0.05) is 49.0 Å². The number of nitrogens with one attached hydrogen (secondary N) is 2. The molecule has 3 aromatic rings. The minimum Gasteiger partial charge on any atom is -0.377 e. The first kappa shape index (κ1) is 21.7. The van der Waals surface area contributed by atoms with E-state index in [0.717, 1.165) is 35.2 Å². The number of Topliss-reactive ketones (excluding diaryl/α,β-unsaturated/α-hetero) is 1. The minimum absolute atomic E-state index is 0.0634. The molecule has 9 heteroatoms. The number of hydrogen-bond acceptors (Lipinski definition) is 7. The van der Waals surface area contributed by atoms with Crippen LogP contribution >= 0.6 is 0 Å². The van der Waals surface area contributed by atoms with Gasteiger partial charge in [0.1, 0.15) is 5.78 Å². The molecule has 1 saturated heterocycles. The third-order valence-electron chi connectivity index (χ3n) is 5.86. The Bertz CT molecular complexity index is 1290. The predicted molar refractivity (Wildman–Crippen MR) is 124 cm³/mol. The average molecular weight is 465 g/mol. The molecular weight excluding hydrogens is 440 g/mol. The highest BCUT2D eigenvalue weighted by Crippen LogP contribution is 2.30. The van der Waals surface area contributed by atoms with E-state index in [1.165, 1.54) is 12.1 Å². The molecule has 1 fully saturated rings. The SMILES string of the molecule is O=C1Cc2ccccc2-c2nc(Nc3ccc(S(=O)(=O)NCC4CCCO4)cc3)ncc2C1. The van der Waals surface area contributed by atoms with Crippen molar-refractivity contribution in [3.63, 3.8) is 0 Å². The molecule has 170 valence electrons. The van der Waals surface area contributed by atoms with E-state index in [4.69, 9.17) is 4.74 Å². The molecule has 0 saturated carbocycles. The number of sulfonamides is 1. The summed E-state index contributed by atoms with van der Waals surface area (Å²) in [7, 11) is -3.61. The second-order valence-corrected chi connectivity index (χ2v) is 10.0. The van der Waals surface area contributed by atoms with Crippen LogP contribution in [0.4, 0.5) is 11.6 Å². The molecular formula is C24H24N4O4S. The van der Waals surface area contributed by atoms with Gasteiger partial charge in [-0.2, -0.15) is 0 Å². The van der Waals surface area contributed by atoms with E-state index in [-0.39, 0.29) is 23.3 Å². The van der Waals surface area contributed by atoms with Crippen LogP contribution in [-0.4, -0.2) is 43.4 Å². The summed E-state index contributed by atoms with van der Waals surface area (Å²) >= 11 is 0. The van der Waals surface area contributed by atoms with Gasteiger partial charge in [-0.25, -0.2) is 23.1 Å². The molecule has 1 unspecified atom stereocenters. The Kier molecular flexibility index (Phi) is 5.92. The molecule has 33 heavy (non-hydrogen) atoms. The third kappa shape index (κ3) is 4.80. The lowest BCUT2D eigenvalue weighted by Crippen LogP contribution is -2.31. The lowest BCUT2D eigenvalue weighted by atomic mass is 10.0. The number of nitrogens with zero attached hydrogens (tertiary/aromatic N) is 2. The number of ketones is 1. The molecule has 0 bridgehead atoms. The molecule has 2 heterocycles. The van der Waals surface area contributed by atoms with E-state index >= 15 is 0 Å². The van der Waals surface area contributed by atoms with Crippen molar-refractivity contribution in [2.75, 3.05) is 18.5 Å². The normalized spacial score (nSPS) is 17.8. The second kappa shape index (κ2) is 9.01. The molecule has 2 aromatic carbocycles. The number of fused-ring (bicyclic) bond motifs is 3. The monoisotopic (exact) mass is 464 g/mol. The fourth-order valence-corrected chi connectivity index (χ4v) is 5.23. The zero-order valence-corrected chi connectivity index (χ0v) is 18.8. The smallest absolute Gasteiger partial charge is 0.240 e. The largest absolute Gasteiger partial charge is 0.377 e. The van der Waals surface area contributed by atoms with Gasteiger partial charge in [0.25, 0.3) is 0 Å². The summed E-state index contributed by atoms with van der Waals surface area (Å²) in [5.74, 6) is 0.514. The van der Waals surface area contributed by atoms with E-state index in [9.17, 15) is 13.2 Å². The topological polar surface area (TPSA) is 110 Å². The highest BCUT2D eigenvalue weighted by Gasteiger charge is 2.22. The second-order valence-electron chi connectivity index (χ2n) is 8.25. The summed E-state index contributed by atoms with van der Waals surface area (Å²) in [6, 6.07) is 14.2. The molecule has 0 amide bonds. The van der Waals surface area contributed by atoms with E-state index in [1.807, 2.05) is 24.3 Å². The van der Waals surface area contributed by atoms with E-state index in [1.54, 1.807) is 18.3 Å². The standard InChI is InChI=1S/C24H24N4O4S/c29-19-12-16-4-1-2-6-22(16)23-17(13-19)14-25-24(28-23)27-18-7-9-21(10-8-18)33(30,31)26-15-20-5-3-11-32-20/h1-2,4,6-10,14,20,26H,3,5,11-13,15H2,(H,25,27,28). The molecule has 2 aliphatic rings. The Morgan fingerprint density at radius 1 is 1.03 bits per heavy atom. The van der Waals surface area contributed by atoms with Crippen LogP contribution in [0.3, 0.4) is 0 Å². The highest BCUT2D eigenvalue weighted by atomic mass is 32.2. The van der Waals surface area contributed by atoms with Crippen molar-refractivity contribution >= 4 is 27.4 Å². The first-order valence-electron chi connectivity index (χ1n) is 10.9. The first-order chi connectivity index (χ1) is 16.0. The summed E-state index contributed by atoms with van der Waals surface area (Å²) in [5.41, 5.74) is 4.09. The zero-order chi connectivity index (χ0) is 22.8. The van der Waals surface area contributed by atoms with Gasteiger partial charge in [-0.1, -0.05) is 24.3 Å². The van der Waals surface area contributed by atoms with Crippen molar-refractivity contribution in [3.05, 3.63) is 65.9 Å². The van der Waals surface area contributed by atoms with Crippen molar-refractivity contribution in [1.29, 1.82) is 0 Å². The number of benzene rings is 2. The van der Waals surface area contributed by atoms with Crippen LogP contribution in [-0.2, 0) is 32.4 Å². The number of aromatic nitrogens is 2. The van der Waals surface area contributed by atoms with Crippen LogP contribution in [0, 0.1) is 0 Å². The van der Waals surface area contributed by atoms with Crippen molar-refractivity contribution in [1.82, 2.24) is 14.7 Å². The molecule has 1 aliphatic carbocycles. The van der Waals surface area contributed by atoms with Crippen LogP contribution in [0.25, 0.3) is 11.3 Å². The average Bonchev–Trinajstić information content (AvgIpc) is 3.29. The Labute approximate surface area is 192 Å². The molecule has 5 rings (SSSR count). The van der Waals surface area contributed by atoms with Crippen molar-refractivity contribution in [3.8, 4) is 11.3 Å². The van der Waals surface area contributed by atoms with Crippen LogP contribution in [0.15, 0.2) is 59.6 Å². The Morgan fingerprint density at radius 2 is 1.82 bits per heavy atom. The van der Waals surface area contributed by atoms with Gasteiger partial charge in [-0.05, 0) is 42.7 Å². The van der Waals surface area contributed by atoms with E-state index < -0.39 is 10.0 Å². The van der Waals surface area contributed by atoms with Crippen molar-refractivity contribution < 1.29 is 17.9 Å². The number of hydrogen-bond donors (Lipinski definition) is 2. The molecule has 1 aliphatic heterocycles. The maximum absolute atomic E-state index is 12.6. The van der Waals surface area contributed by atoms with Gasteiger partial charge < -0.3 is 10.1 Å². The van der Waals surface area contributed by atoms with Gasteiger partial charge in [0.15, 0.2) is 0 Å². The number of carbonyl (C=O) groups is 1. The van der Waals surface area contributed by atoms with Gasteiger partial charge in [-0.3, -0.25) is 4.79 Å². The van der Waals surface area contributed by atoms with E-state index in [2.05, 4.69) is 20.0 Å². The minimum atomic E-state index is -3.61. The van der Waals surface area contributed by atoms with Gasteiger partial charge >= 0.3 is 0 Å². The number of anilines is 2.